The second-order valence-corrected chi connectivity index (χ2v) is 5.22. The highest BCUT2D eigenvalue weighted by Crippen LogP contribution is 2.15. The zero-order valence-corrected chi connectivity index (χ0v) is 12.3. The van der Waals surface area contributed by atoms with E-state index in [2.05, 4.69) is 16.9 Å². The van der Waals surface area contributed by atoms with Gasteiger partial charge in [0.15, 0.2) is 0 Å². The lowest BCUT2D eigenvalue weighted by atomic mass is 10.1. The Labute approximate surface area is 129 Å². The number of benzene rings is 1. The molecule has 116 valence electrons. The van der Waals surface area contributed by atoms with Crippen LogP contribution in [0.1, 0.15) is 24.8 Å². The highest BCUT2D eigenvalue weighted by Gasteiger charge is 2.18. The molecule has 0 spiro atoms. The Morgan fingerprint density at radius 1 is 1.36 bits per heavy atom. The first kappa shape index (κ1) is 15.8. The smallest absolute Gasteiger partial charge is 0.326 e. The van der Waals surface area contributed by atoms with E-state index in [0.29, 0.717) is 19.3 Å². The molecule has 0 fully saturated rings. The number of rotatable bonds is 8. The van der Waals surface area contributed by atoms with Gasteiger partial charge in [0, 0.05) is 18.1 Å². The Morgan fingerprint density at radius 3 is 2.91 bits per heavy atom. The van der Waals surface area contributed by atoms with Gasteiger partial charge in [0.25, 0.3) is 0 Å². The molecule has 0 saturated heterocycles. The molecule has 0 saturated carbocycles. The molecule has 1 amide bonds. The molecule has 1 unspecified atom stereocenters. The number of carbonyl (C=O) groups excluding carboxylic acids is 1. The predicted octanol–water partition coefficient (Wildman–Crippen LogP) is 2.64. The molecule has 0 aliphatic heterocycles. The molecule has 22 heavy (non-hydrogen) atoms. The van der Waals surface area contributed by atoms with Gasteiger partial charge in [-0.2, -0.15) is 0 Å². The number of H-pyrrole nitrogens is 1. The van der Waals surface area contributed by atoms with Crippen LogP contribution in [0.4, 0.5) is 0 Å². The van der Waals surface area contributed by atoms with Crippen LogP contribution in [0.3, 0.4) is 0 Å². The zero-order valence-electron chi connectivity index (χ0n) is 12.3. The van der Waals surface area contributed by atoms with Crippen LogP contribution in [0, 0.1) is 0 Å². The largest absolute Gasteiger partial charge is 0.480 e. The Bertz CT molecular complexity index is 675. The minimum absolute atomic E-state index is 0.245. The average molecular weight is 300 g/mol. The number of fused-ring (bicyclic) bond motifs is 1. The summed E-state index contributed by atoms with van der Waals surface area (Å²) in [7, 11) is 0. The van der Waals surface area contributed by atoms with Crippen LogP contribution in [0.15, 0.2) is 43.1 Å². The second-order valence-electron chi connectivity index (χ2n) is 5.22. The second kappa shape index (κ2) is 7.45. The zero-order chi connectivity index (χ0) is 15.9. The third-order valence-corrected chi connectivity index (χ3v) is 3.55. The topological polar surface area (TPSA) is 82.2 Å². The predicted molar refractivity (Wildman–Crippen MR) is 85.6 cm³/mol. The first-order valence-corrected chi connectivity index (χ1v) is 7.29. The molecule has 3 N–H and O–H groups in total. The quantitative estimate of drug-likeness (QED) is 0.655. The van der Waals surface area contributed by atoms with Crippen LogP contribution in [-0.4, -0.2) is 28.0 Å². The molecule has 2 rings (SSSR count). The molecule has 5 nitrogen and oxygen atoms in total. The van der Waals surface area contributed by atoms with Gasteiger partial charge in [0.05, 0.1) is 0 Å². The molecular weight excluding hydrogens is 280 g/mol. The fraction of sp³-hybridized carbons (Fsp3) is 0.294. The fourth-order valence-electron chi connectivity index (χ4n) is 2.32. The first-order chi connectivity index (χ1) is 10.6. The van der Waals surface area contributed by atoms with E-state index in [1.54, 1.807) is 6.08 Å². The number of carboxylic acid groups (broad SMARTS) is 1. The lowest BCUT2D eigenvalue weighted by Crippen LogP contribution is -2.40. The maximum Gasteiger partial charge on any atom is 0.326 e. The summed E-state index contributed by atoms with van der Waals surface area (Å²) >= 11 is 0. The van der Waals surface area contributed by atoms with Crippen molar-refractivity contribution in [3.05, 3.63) is 48.7 Å². The molecule has 1 atom stereocenters. The molecule has 0 aliphatic carbocycles. The number of nitrogens with one attached hydrogen (secondary N) is 2. The normalized spacial score (nSPS) is 12.0. The molecule has 5 heteroatoms. The Morgan fingerprint density at radius 2 is 2.18 bits per heavy atom. The van der Waals surface area contributed by atoms with E-state index in [1.807, 2.05) is 30.5 Å². The maximum atomic E-state index is 11.9. The van der Waals surface area contributed by atoms with Crippen LogP contribution in [0.25, 0.3) is 10.9 Å². The molecular formula is C17H20N2O3. The Balaban J connectivity index is 1.88. The Hall–Kier alpha value is -2.56. The minimum atomic E-state index is -1.01. The summed E-state index contributed by atoms with van der Waals surface area (Å²) in [6, 6.07) is 7.11. The van der Waals surface area contributed by atoms with E-state index in [-0.39, 0.29) is 12.3 Å². The molecule has 1 heterocycles. The van der Waals surface area contributed by atoms with Gasteiger partial charge in [0.2, 0.25) is 5.91 Å². The van der Waals surface area contributed by atoms with Gasteiger partial charge in [-0.3, -0.25) is 4.79 Å². The number of hydrogen-bond donors (Lipinski definition) is 3. The van der Waals surface area contributed by atoms with Crippen molar-refractivity contribution in [3.8, 4) is 0 Å². The van der Waals surface area contributed by atoms with Crippen molar-refractivity contribution in [2.75, 3.05) is 0 Å². The Kier molecular flexibility index (Phi) is 5.36. The molecule has 0 aliphatic rings. The fourth-order valence-corrected chi connectivity index (χ4v) is 2.32. The summed E-state index contributed by atoms with van der Waals surface area (Å²) in [4.78, 5) is 26.1. The summed E-state index contributed by atoms with van der Waals surface area (Å²) in [5, 5.41) is 12.7. The molecule has 0 radical (unpaired) electrons. The summed E-state index contributed by atoms with van der Waals surface area (Å²) < 4.78 is 0. The number of carbonyl (C=O) groups is 2. The summed E-state index contributed by atoms with van der Waals surface area (Å²) in [5.41, 5.74) is 2.11. The third-order valence-electron chi connectivity index (χ3n) is 3.55. The number of aromatic amines is 1. The van der Waals surface area contributed by atoms with Crippen molar-refractivity contribution in [2.24, 2.45) is 0 Å². The van der Waals surface area contributed by atoms with Gasteiger partial charge in [-0.05, 0) is 48.4 Å². The van der Waals surface area contributed by atoms with E-state index in [0.717, 1.165) is 16.5 Å². The SMILES string of the molecule is C=CCCC(NC(=O)CCc1ccc2[nH]ccc2c1)C(=O)O. The van der Waals surface area contributed by atoms with Gasteiger partial charge in [-0.25, -0.2) is 4.79 Å². The van der Waals surface area contributed by atoms with Crippen LogP contribution in [-0.2, 0) is 16.0 Å². The standard InChI is InChI=1S/C17H20N2O3/c1-2-3-4-15(17(21)22)19-16(20)8-6-12-5-7-14-13(11-12)9-10-18-14/h2,5,7,9-11,15,18H,1,3-4,6,8H2,(H,19,20)(H,21,22). The lowest BCUT2D eigenvalue weighted by molar-refractivity contribution is -0.142. The van der Waals surface area contributed by atoms with E-state index in [9.17, 15) is 9.59 Å². The van der Waals surface area contributed by atoms with Crippen molar-refractivity contribution >= 4 is 22.8 Å². The number of amides is 1. The number of carboxylic acids is 1. The lowest BCUT2D eigenvalue weighted by Gasteiger charge is -2.13. The summed E-state index contributed by atoms with van der Waals surface area (Å²) in [6.45, 7) is 3.56. The number of hydrogen-bond acceptors (Lipinski definition) is 2. The van der Waals surface area contributed by atoms with Crippen molar-refractivity contribution in [1.82, 2.24) is 10.3 Å². The third kappa shape index (κ3) is 4.22. The van der Waals surface area contributed by atoms with Gasteiger partial charge in [-0.15, -0.1) is 6.58 Å². The van der Waals surface area contributed by atoms with Crippen molar-refractivity contribution < 1.29 is 14.7 Å². The van der Waals surface area contributed by atoms with Gasteiger partial charge < -0.3 is 15.4 Å². The summed E-state index contributed by atoms with van der Waals surface area (Å²) in [5.74, 6) is -1.26. The average Bonchev–Trinajstić information content (AvgIpc) is 2.96. The number of allylic oxidation sites excluding steroid dienone is 1. The van der Waals surface area contributed by atoms with Crippen molar-refractivity contribution in [3.63, 3.8) is 0 Å². The van der Waals surface area contributed by atoms with Crippen molar-refractivity contribution in [1.29, 1.82) is 0 Å². The molecule has 2 aromatic rings. The van der Waals surface area contributed by atoms with Crippen LogP contribution >= 0.6 is 0 Å². The number of aromatic nitrogens is 1. The highest BCUT2D eigenvalue weighted by atomic mass is 16.4. The number of aryl methyl sites for hydroxylation is 1. The highest BCUT2D eigenvalue weighted by molar-refractivity contribution is 5.84. The van der Waals surface area contributed by atoms with E-state index >= 15 is 0 Å². The monoisotopic (exact) mass is 300 g/mol. The van der Waals surface area contributed by atoms with Crippen LogP contribution < -0.4 is 5.32 Å². The van der Waals surface area contributed by atoms with E-state index in [4.69, 9.17) is 5.11 Å². The van der Waals surface area contributed by atoms with E-state index < -0.39 is 12.0 Å². The molecule has 1 aromatic carbocycles. The van der Waals surface area contributed by atoms with Gasteiger partial charge in [0.1, 0.15) is 6.04 Å². The van der Waals surface area contributed by atoms with Crippen molar-refractivity contribution in [2.45, 2.75) is 31.7 Å². The maximum absolute atomic E-state index is 11.9. The van der Waals surface area contributed by atoms with Crippen LogP contribution in [0.2, 0.25) is 0 Å². The van der Waals surface area contributed by atoms with Gasteiger partial charge >= 0.3 is 5.97 Å². The number of aliphatic carboxylic acids is 1. The molecule has 1 aromatic heterocycles. The minimum Gasteiger partial charge on any atom is -0.480 e. The van der Waals surface area contributed by atoms with Crippen LogP contribution in [0.5, 0.6) is 0 Å². The molecule has 0 bridgehead atoms. The summed E-state index contributed by atoms with van der Waals surface area (Å²) in [6.07, 6.45) is 5.29. The van der Waals surface area contributed by atoms with Gasteiger partial charge in [-0.1, -0.05) is 12.1 Å². The van der Waals surface area contributed by atoms with E-state index in [1.165, 1.54) is 0 Å². The first-order valence-electron chi connectivity index (χ1n) is 7.29.